The van der Waals surface area contributed by atoms with E-state index >= 15 is 0 Å². The fourth-order valence-corrected chi connectivity index (χ4v) is 3.78. The quantitative estimate of drug-likeness (QED) is 0.730. The third kappa shape index (κ3) is 4.36. The number of carbonyl (C=O) groups excluding carboxylic acids is 1. The van der Waals surface area contributed by atoms with Gasteiger partial charge in [-0.1, -0.05) is 37.9 Å². The van der Waals surface area contributed by atoms with Gasteiger partial charge in [-0.05, 0) is 48.7 Å². The van der Waals surface area contributed by atoms with Crippen LogP contribution in [0.2, 0.25) is 0 Å². The normalized spacial score (nSPS) is 17.1. The minimum Gasteiger partial charge on any atom is -0.371 e. The summed E-state index contributed by atoms with van der Waals surface area (Å²) < 4.78 is 15.0. The topological polar surface area (TPSA) is 32.3 Å². The van der Waals surface area contributed by atoms with Crippen LogP contribution in [0.3, 0.4) is 0 Å². The highest BCUT2D eigenvalue weighted by atomic mass is 79.9. The molecule has 1 N–H and O–H groups in total. The Labute approximate surface area is 157 Å². The van der Waals surface area contributed by atoms with Crippen molar-refractivity contribution >= 4 is 43.5 Å². The molecule has 1 amide bonds. The third-order valence-electron chi connectivity index (χ3n) is 4.14. The molecular formula is C18H17Br2FN2O. The van der Waals surface area contributed by atoms with Gasteiger partial charge < -0.3 is 10.2 Å². The molecule has 1 unspecified atom stereocenters. The molecule has 1 aliphatic heterocycles. The van der Waals surface area contributed by atoms with Crippen LogP contribution >= 0.6 is 31.9 Å². The molecule has 2 aromatic rings. The molecule has 3 nitrogen and oxygen atoms in total. The zero-order valence-corrected chi connectivity index (χ0v) is 16.1. The average Bonchev–Trinajstić information content (AvgIpc) is 3.00. The van der Waals surface area contributed by atoms with Gasteiger partial charge in [0.15, 0.2) is 0 Å². The van der Waals surface area contributed by atoms with E-state index < -0.39 is 5.82 Å². The van der Waals surface area contributed by atoms with E-state index in [9.17, 15) is 9.18 Å². The summed E-state index contributed by atoms with van der Waals surface area (Å²) in [4.78, 5) is 14.5. The van der Waals surface area contributed by atoms with Crippen LogP contribution in [0.25, 0.3) is 0 Å². The van der Waals surface area contributed by atoms with E-state index in [1.807, 2.05) is 12.1 Å². The SMILES string of the molecule is O=C(NCC1CCN(c2cccc(Br)c2)C1)c1cc(F)cc(Br)c1. The van der Waals surface area contributed by atoms with Crippen LogP contribution in [0, 0.1) is 11.7 Å². The van der Waals surface area contributed by atoms with E-state index in [4.69, 9.17) is 0 Å². The Bertz CT molecular complexity index is 733. The van der Waals surface area contributed by atoms with E-state index in [1.54, 1.807) is 6.07 Å². The summed E-state index contributed by atoms with van der Waals surface area (Å²) in [5, 5.41) is 2.92. The fraction of sp³-hybridized carbons (Fsp3) is 0.278. The molecule has 1 saturated heterocycles. The number of nitrogens with one attached hydrogen (secondary N) is 1. The standard InChI is InChI=1S/C18H17Br2FN2O/c19-14-2-1-3-17(9-14)23-5-4-12(11-23)10-22-18(24)13-6-15(20)8-16(21)7-13/h1-3,6-9,12H,4-5,10-11H2,(H,22,24). The summed E-state index contributed by atoms with van der Waals surface area (Å²) in [5.41, 5.74) is 1.52. The van der Waals surface area contributed by atoms with Crippen LogP contribution in [0.15, 0.2) is 51.4 Å². The lowest BCUT2D eigenvalue weighted by Crippen LogP contribution is -2.31. The molecule has 1 heterocycles. The van der Waals surface area contributed by atoms with Gasteiger partial charge in [-0.15, -0.1) is 0 Å². The monoisotopic (exact) mass is 454 g/mol. The molecule has 0 radical (unpaired) electrons. The highest BCUT2D eigenvalue weighted by Gasteiger charge is 2.23. The van der Waals surface area contributed by atoms with Gasteiger partial charge in [-0.2, -0.15) is 0 Å². The van der Waals surface area contributed by atoms with Crippen molar-refractivity contribution in [2.45, 2.75) is 6.42 Å². The number of rotatable bonds is 4. The first-order valence-electron chi connectivity index (χ1n) is 7.76. The fourth-order valence-electron chi connectivity index (χ4n) is 2.93. The largest absolute Gasteiger partial charge is 0.371 e. The molecule has 1 atom stereocenters. The van der Waals surface area contributed by atoms with Crippen LogP contribution in [0.1, 0.15) is 16.8 Å². The number of amides is 1. The second-order valence-corrected chi connectivity index (χ2v) is 7.78. The molecule has 2 aromatic carbocycles. The molecule has 1 aliphatic rings. The van der Waals surface area contributed by atoms with Crippen molar-refractivity contribution in [1.29, 1.82) is 0 Å². The smallest absolute Gasteiger partial charge is 0.251 e. The average molecular weight is 456 g/mol. The molecule has 24 heavy (non-hydrogen) atoms. The predicted molar refractivity (Wildman–Crippen MR) is 101 cm³/mol. The molecule has 1 fully saturated rings. The lowest BCUT2D eigenvalue weighted by Gasteiger charge is -2.19. The molecule has 3 rings (SSSR count). The van der Waals surface area contributed by atoms with Crippen molar-refractivity contribution in [2.24, 2.45) is 5.92 Å². The molecule has 6 heteroatoms. The second-order valence-electron chi connectivity index (χ2n) is 5.95. The lowest BCUT2D eigenvalue weighted by atomic mass is 10.1. The first-order valence-corrected chi connectivity index (χ1v) is 9.34. The second kappa shape index (κ2) is 7.66. The van der Waals surface area contributed by atoms with Crippen molar-refractivity contribution < 1.29 is 9.18 Å². The summed E-state index contributed by atoms with van der Waals surface area (Å²) >= 11 is 6.70. The van der Waals surface area contributed by atoms with Gasteiger partial charge in [0.25, 0.3) is 5.91 Å². The van der Waals surface area contributed by atoms with Crippen LogP contribution in [-0.2, 0) is 0 Å². The Kier molecular flexibility index (Phi) is 5.56. The zero-order valence-electron chi connectivity index (χ0n) is 12.9. The Balaban J connectivity index is 1.55. The molecule has 126 valence electrons. The molecule has 0 aliphatic carbocycles. The van der Waals surface area contributed by atoms with Crippen LogP contribution in [-0.4, -0.2) is 25.5 Å². The number of nitrogens with zero attached hydrogens (tertiary/aromatic N) is 1. The Hall–Kier alpha value is -1.40. The Morgan fingerprint density at radius 2 is 2.04 bits per heavy atom. The van der Waals surface area contributed by atoms with Gasteiger partial charge in [0.1, 0.15) is 5.82 Å². The van der Waals surface area contributed by atoms with Gasteiger partial charge in [0, 0.05) is 39.8 Å². The number of carbonyl (C=O) groups is 1. The third-order valence-corrected chi connectivity index (χ3v) is 5.09. The van der Waals surface area contributed by atoms with Crippen LogP contribution in [0.4, 0.5) is 10.1 Å². The Morgan fingerprint density at radius 1 is 1.21 bits per heavy atom. The number of hydrogen-bond acceptors (Lipinski definition) is 2. The predicted octanol–water partition coefficient (Wildman–Crippen LogP) is 4.61. The van der Waals surface area contributed by atoms with E-state index in [0.717, 1.165) is 24.0 Å². The van der Waals surface area contributed by atoms with E-state index in [0.29, 0.717) is 22.5 Å². The van der Waals surface area contributed by atoms with Crippen molar-refractivity contribution in [3.8, 4) is 0 Å². The van der Waals surface area contributed by atoms with E-state index in [2.05, 4.69) is 54.2 Å². The van der Waals surface area contributed by atoms with E-state index in [1.165, 1.54) is 17.8 Å². The maximum absolute atomic E-state index is 13.4. The summed E-state index contributed by atoms with van der Waals surface area (Å²) in [6.45, 7) is 2.48. The molecule has 0 saturated carbocycles. The highest BCUT2D eigenvalue weighted by Crippen LogP contribution is 2.26. The van der Waals surface area contributed by atoms with Gasteiger partial charge in [-0.25, -0.2) is 4.39 Å². The van der Waals surface area contributed by atoms with Gasteiger partial charge in [-0.3, -0.25) is 4.79 Å². The van der Waals surface area contributed by atoms with Crippen molar-refractivity contribution in [3.63, 3.8) is 0 Å². The lowest BCUT2D eigenvalue weighted by molar-refractivity contribution is 0.0947. The minimum atomic E-state index is -0.420. The molecular weight excluding hydrogens is 439 g/mol. The van der Waals surface area contributed by atoms with Crippen LogP contribution < -0.4 is 10.2 Å². The maximum Gasteiger partial charge on any atom is 0.251 e. The van der Waals surface area contributed by atoms with Gasteiger partial charge in [0.2, 0.25) is 0 Å². The van der Waals surface area contributed by atoms with Crippen molar-refractivity contribution in [3.05, 3.63) is 62.8 Å². The maximum atomic E-state index is 13.4. The number of benzene rings is 2. The molecule has 0 aromatic heterocycles. The van der Waals surface area contributed by atoms with Gasteiger partial charge >= 0.3 is 0 Å². The summed E-state index contributed by atoms with van der Waals surface area (Å²) in [7, 11) is 0. The number of halogens is 3. The zero-order chi connectivity index (χ0) is 17.1. The summed E-state index contributed by atoms with van der Waals surface area (Å²) in [5.74, 6) is -0.266. The van der Waals surface area contributed by atoms with E-state index in [-0.39, 0.29) is 5.91 Å². The van der Waals surface area contributed by atoms with Crippen molar-refractivity contribution in [1.82, 2.24) is 5.32 Å². The number of hydrogen-bond donors (Lipinski definition) is 1. The first-order chi connectivity index (χ1) is 11.5. The van der Waals surface area contributed by atoms with Crippen LogP contribution in [0.5, 0.6) is 0 Å². The molecule has 0 spiro atoms. The summed E-state index contributed by atoms with van der Waals surface area (Å²) in [6.07, 6.45) is 1.03. The number of anilines is 1. The first kappa shape index (κ1) is 17.4. The van der Waals surface area contributed by atoms with Gasteiger partial charge in [0.05, 0.1) is 0 Å². The van der Waals surface area contributed by atoms with Crippen molar-refractivity contribution in [2.75, 3.05) is 24.5 Å². The Morgan fingerprint density at radius 3 is 2.79 bits per heavy atom. The minimum absolute atomic E-state index is 0.240. The highest BCUT2D eigenvalue weighted by molar-refractivity contribution is 9.10. The molecule has 0 bridgehead atoms. The summed E-state index contributed by atoms with van der Waals surface area (Å²) in [6, 6.07) is 12.4.